The molecule has 3 unspecified atom stereocenters. The number of carbonyl (C=O) groups excluding carboxylic acids is 1. The smallest absolute Gasteiger partial charge is 0.339 e. The lowest BCUT2D eigenvalue weighted by molar-refractivity contribution is -0.137. The molecule has 17 heavy (non-hydrogen) atoms. The van der Waals surface area contributed by atoms with Crippen LogP contribution in [0.25, 0.3) is 0 Å². The van der Waals surface area contributed by atoms with E-state index in [9.17, 15) is 14.3 Å². The molecule has 0 aromatic heterocycles. The van der Waals surface area contributed by atoms with Gasteiger partial charge in [0, 0.05) is 12.9 Å². The average molecular weight is 286 g/mol. The van der Waals surface area contributed by atoms with Crippen molar-refractivity contribution in [3.8, 4) is 0 Å². The van der Waals surface area contributed by atoms with Gasteiger partial charge in [0.15, 0.2) is 0 Å². The van der Waals surface area contributed by atoms with Crippen molar-refractivity contribution in [3.05, 3.63) is 0 Å². The van der Waals surface area contributed by atoms with E-state index in [2.05, 4.69) is 10.6 Å². The van der Waals surface area contributed by atoms with Gasteiger partial charge in [-0.05, 0) is 6.26 Å². The zero-order chi connectivity index (χ0) is 13.5. The number of hydrogen-bond donors (Lipinski definition) is 1. The third-order valence-corrected chi connectivity index (χ3v) is 3.97. The molecule has 0 saturated carbocycles. The molecule has 0 spiro atoms. The van der Waals surface area contributed by atoms with Crippen LogP contribution in [0.1, 0.15) is 0 Å². The molecule has 1 N–H and O–H groups in total. The van der Waals surface area contributed by atoms with Crippen molar-refractivity contribution < 1.29 is 28.3 Å². The molecule has 0 aliphatic rings. The van der Waals surface area contributed by atoms with Crippen LogP contribution >= 0.6 is 18.1 Å². The van der Waals surface area contributed by atoms with Crippen molar-refractivity contribution >= 4 is 29.9 Å². The van der Waals surface area contributed by atoms with Gasteiger partial charge in [0.2, 0.25) is 0 Å². The van der Waals surface area contributed by atoms with Gasteiger partial charge in [0.05, 0.1) is 19.8 Å². The molecule has 0 radical (unpaired) electrons. The highest BCUT2D eigenvalue weighted by molar-refractivity contribution is 8.13. The Bertz CT molecular complexity index is 319. The van der Waals surface area contributed by atoms with Crippen LogP contribution < -0.4 is 0 Å². The van der Waals surface area contributed by atoms with E-state index in [0.29, 0.717) is 5.75 Å². The highest BCUT2D eigenvalue weighted by Crippen LogP contribution is 2.41. The molecule has 0 amide bonds. The van der Waals surface area contributed by atoms with E-state index in [1.807, 2.05) is 6.26 Å². The second-order valence-corrected chi connectivity index (χ2v) is 7.22. The summed E-state index contributed by atoms with van der Waals surface area (Å²) in [6, 6.07) is 0. The molecule has 8 heteroatoms. The zero-order valence-corrected chi connectivity index (χ0v) is 12.0. The molecule has 0 saturated heterocycles. The van der Waals surface area contributed by atoms with Crippen LogP contribution in [0.3, 0.4) is 0 Å². The molecule has 0 rings (SSSR count). The Morgan fingerprint density at radius 1 is 1.53 bits per heavy atom. The highest BCUT2D eigenvalue weighted by Gasteiger charge is 2.26. The van der Waals surface area contributed by atoms with Crippen molar-refractivity contribution in [2.75, 3.05) is 39.0 Å². The van der Waals surface area contributed by atoms with Crippen LogP contribution in [0.5, 0.6) is 0 Å². The molecule has 3 atom stereocenters. The quantitative estimate of drug-likeness (QED) is 0.402. The van der Waals surface area contributed by atoms with E-state index >= 15 is 0 Å². The maximum absolute atomic E-state index is 11.5. The molecule has 0 aromatic rings. The van der Waals surface area contributed by atoms with Gasteiger partial charge in [-0.15, -0.1) is 0 Å². The monoisotopic (exact) mass is 286 g/mol. The van der Waals surface area contributed by atoms with Gasteiger partial charge < -0.3 is 18.9 Å². The average Bonchev–Trinajstić information content (AvgIpc) is 2.23. The van der Waals surface area contributed by atoms with Gasteiger partial charge in [-0.25, -0.2) is 0 Å². The number of carbonyl (C=O) groups is 1. The SMILES string of the molecule is C=S(C)CC(COP(=O)(O)CC(=O)OC)OC. The van der Waals surface area contributed by atoms with Crippen molar-refractivity contribution in [2.24, 2.45) is 0 Å². The van der Waals surface area contributed by atoms with E-state index in [1.165, 1.54) is 7.11 Å². The fourth-order valence-corrected chi connectivity index (χ4v) is 2.79. The highest BCUT2D eigenvalue weighted by atomic mass is 32.2. The maximum Gasteiger partial charge on any atom is 0.339 e. The molecule has 0 aromatic carbocycles. The third-order valence-electron chi connectivity index (χ3n) is 1.82. The van der Waals surface area contributed by atoms with E-state index in [4.69, 9.17) is 9.26 Å². The summed E-state index contributed by atoms with van der Waals surface area (Å²) in [4.78, 5) is 20.2. The molecular formula is C9H19O6PS. The Kier molecular flexibility index (Phi) is 7.91. The predicted molar refractivity (Wildman–Crippen MR) is 69.0 cm³/mol. The van der Waals surface area contributed by atoms with Crippen LogP contribution in [0.15, 0.2) is 0 Å². The normalized spacial score (nSPS) is 18.1. The van der Waals surface area contributed by atoms with Crippen LogP contribution in [0.4, 0.5) is 0 Å². The van der Waals surface area contributed by atoms with Gasteiger partial charge in [-0.2, -0.15) is 10.5 Å². The largest absolute Gasteiger partial charge is 0.469 e. The number of ether oxygens (including phenoxy) is 2. The summed E-state index contributed by atoms with van der Waals surface area (Å²) >= 11 is 0. The number of rotatable bonds is 8. The summed E-state index contributed by atoms with van der Waals surface area (Å²) in [5, 5.41) is 0. The van der Waals surface area contributed by atoms with Crippen molar-refractivity contribution in [1.82, 2.24) is 0 Å². The molecular weight excluding hydrogens is 267 g/mol. The summed E-state index contributed by atoms with van der Waals surface area (Å²) < 4.78 is 25.6. The van der Waals surface area contributed by atoms with Crippen LogP contribution in [-0.2, 0) is 23.4 Å². The minimum Gasteiger partial charge on any atom is -0.469 e. The Labute approximate surface area is 104 Å². The number of methoxy groups -OCH3 is 2. The number of esters is 1. The molecule has 102 valence electrons. The topological polar surface area (TPSA) is 82.1 Å². The third kappa shape index (κ3) is 8.51. The lowest BCUT2D eigenvalue weighted by atomic mass is 10.4. The Morgan fingerprint density at radius 2 is 2.12 bits per heavy atom. The number of hydrogen-bond acceptors (Lipinski definition) is 5. The first kappa shape index (κ1) is 16.8. The standard InChI is InChI=1S/C9H19O6PS/c1-13-8(7-17(3)4)5-15-16(11,12)6-9(10)14-2/h8H,3,5-7H2,1-2,4H3,(H,11,12). The Morgan fingerprint density at radius 3 is 2.53 bits per heavy atom. The first-order chi connectivity index (χ1) is 7.80. The summed E-state index contributed by atoms with van der Waals surface area (Å²) in [7, 11) is -1.42. The van der Waals surface area contributed by atoms with Gasteiger partial charge in [-0.3, -0.25) is 9.36 Å². The van der Waals surface area contributed by atoms with E-state index < -0.39 is 19.7 Å². The first-order valence-corrected chi connectivity index (χ1v) is 8.52. The van der Waals surface area contributed by atoms with Gasteiger partial charge >= 0.3 is 13.6 Å². The molecule has 6 nitrogen and oxygen atoms in total. The van der Waals surface area contributed by atoms with E-state index in [1.54, 1.807) is 0 Å². The lowest BCUT2D eigenvalue weighted by Crippen LogP contribution is -2.22. The second kappa shape index (κ2) is 8.00. The summed E-state index contributed by atoms with van der Waals surface area (Å²) in [5.41, 5.74) is 0. The summed E-state index contributed by atoms with van der Waals surface area (Å²) in [6.07, 6.45) is 0.972. The van der Waals surface area contributed by atoms with E-state index in [0.717, 1.165) is 7.11 Å². The van der Waals surface area contributed by atoms with Crippen LogP contribution in [0.2, 0.25) is 0 Å². The van der Waals surface area contributed by atoms with Crippen molar-refractivity contribution in [1.29, 1.82) is 0 Å². The van der Waals surface area contributed by atoms with E-state index in [-0.39, 0.29) is 23.2 Å². The fourth-order valence-electron chi connectivity index (χ4n) is 0.974. The molecule has 0 heterocycles. The maximum atomic E-state index is 11.5. The molecule has 0 aliphatic carbocycles. The first-order valence-electron chi connectivity index (χ1n) is 4.79. The van der Waals surface area contributed by atoms with Gasteiger partial charge in [0.1, 0.15) is 6.16 Å². The Balaban J connectivity index is 4.18. The predicted octanol–water partition coefficient (Wildman–Crippen LogP) is 0.707. The molecule has 0 bridgehead atoms. The summed E-state index contributed by atoms with van der Waals surface area (Å²) in [6.45, 7) is -0.0475. The van der Waals surface area contributed by atoms with Gasteiger partial charge in [0.25, 0.3) is 0 Å². The lowest BCUT2D eigenvalue weighted by Gasteiger charge is -2.18. The van der Waals surface area contributed by atoms with Crippen molar-refractivity contribution in [3.63, 3.8) is 0 Å². The Hall–Kier alpha value is -0.200. The van der Waals surface area contributed by atoms with Crippen LogP contribution in [-0.4, -0.2) is 61.8 Å². The minimum absolute atomic E-state index is 0.0475. The fraction of sp³-hybridized carbons (Fsp3) is 0.778. The zero-order valence-electron chi connectivity index (χ0n) is 10.2. The second-order valence-electron chi connectivity index (χ2n) is 3.47. The minimum atomic E-state index is -3.95. The van der Waals surface area contributed by atoms with Gasteiger partial charge in [-0.1, -0.05) is 5.87 Å². The van der Waals surface area contributed by atoms with Crippen molar-refractivity contribution in [2.45, 2.75) is 6.10 Å². The molecule has 0 fully saturated rings. The van der Waals surface area contributed by atoms with Crippen LogP contribution in [0, 0.1) is 0 Å². The molecule has 0 aliphatic heterocycles. The summed E-state index contributed by atoms with van der Waals surface area (Å²) in [5.74, 6) is 3.67.